The molecular formula is C11H17N3O4S. The van der Waals surface area contributed by atoms with Crippen LogP contribution in [0.25, 0.3) is 0 Å². The Morgan fingerprint density at radius 2 is 2.37 bits per heavy atom. The van der Waals surface area contributed by atoms with Gasteiger partial charge in [0.2, 0.25) is 0 Å². The second-order valence-corrected chi connectivity index (χ2v) is 5.42. The first kappa shape index (κ1) is 14.3. The Labute approximate surface area is 115 Å². The summed E-state index contributed by atoms with van der Waals surface area (Å²) in [6, 6.07) is 0. The maximum atomic E-state index is 10.6. The molecule has 1 aliphatic heterocycles. The van der Waals surface area contributed by atoms with Crippen LogP contribution in [0.15, 0.2) is 5.16 Å². The van der Waals surface area contributed by atoms with Crippen molar-refractivity contribution < 1.29 is 19.7 Å². The molecule has 0 aliphatic carbocycles. The number of thioether (sulfide) groups is 1. The summed E-state index contributed by atoms with van der Waals surface area (Å²) >= 11 is 1.11. The average molecular weight is 287 g/mol. The number of nitrogens with zero attached hydrogens (tertiary/aromatic N) is 3. The summed E-state index contributed by atoms with van der Waals surface area (Å²) in [7, 11) is 0. The van der Waals surface area contributed by atoms with Crippen molar-refractivity contribution in [3.05, 3.63) is 5.82 Å². The molecule has 2 unspecified atom stereocenters. The maximum Gasteiger partial charge on any atom is 0.313 e. The summed E-state index contributed by atoms with van der Waals surface area (Å²) < 4.78 is 7.30. The van der Waals surface area contributed by atoms with Crippen molar-refractivity contribution in [2.45, 2.75) is 37.8 Å². The number of aliphatic carboxylic acids is 1. The van der Waals surface area contributed by atoms with E-state index in [0.29, 0.717) is 23.4 Å². The third-order valence-electron chi connectivity index (χ3n) is 3.21. The lowest BCUT2D eigenvalue weighted by molar-refractivity contribution is -0.133. The summed E-state index contributed by atoms with van der Waals surface area (Å²) in [6.07, 6.45) is 1.11. The molecule has 2 atom stereocenters. The number of aliphatic hydroxyl groups is 1. The molecule has 1 saturated heterocycles. The first-order valence-electron chi connectivity index (χ1n) is 6.11. The highest BCUT2D eigenvalue weighted by atomic mass is 32.2. The van der Waals surface area contributed by atoms with Gasteiger partial charge in [0.25, 0.3) is 0 Å². The summed E-state index contributed by atoms with van der Waals surface area (Å²) in [6.45, 7) is 3.19. The number of hydrogen-bond acceptors (Lipinski definition) is 6. The van der Waals surface area contributed by atoms with Crippen molar-refractivity contribution in [2.75, 3.05) is 12.4 Å². The first-order chi connectivity index (χ1) is 9.11. The van der Waals surface area contributed by atoms with Crippen LogP contribution >= 0.6 is 11.8 Å². The molecular weight excluding hydrogens is 270 g/mol. The van der Waals surface area contributed by atoms with Gasteiger partial charge in [0, 0.05) is 19.1 Å². The van der Waals surface area contributed by atoms with Gasteiger partial charge >= 0.3 is 5.97 Å². The summed E-state index contributed by atoms with van der Waals surface area (Å²) in [4.78, 5) is 10.6. The van der Waals surface area contributed by atoms with E-state index in [2.05, 4.69) is 10.2 Å². The second-order valence-electron chi connectivity index (χ2n) is 4.47. The van der Waals surface area contributed by atoms with Crippen molar-refractivity contribution >= 4 is 17.7 Å². The summed E-state index contributed by atoms with van der Waals surface area (Å²) in [5.41, 5.74) is 0. The number of aromatic nitrogens is 3. The van der Waals surface area contributed by atoms with Crippen LogP contribution in [0, 0.1) is 5.92 Å². The first-order valence-corrected chi connectivity index (χ1v) is 7.09. The second kappa shape index (κ2) is 6.36. The van der Waals surface area contributed by atoms with Crippen LogP contribution in [-0.4, -0.2) is 49.4 Å². The molecule has 1 aromatic rings. The van der Waals surface area contributed by atoms with E-state index in [4.69, 9.17) is 9.84 Å². The van der Waals surface area contributed by atoms with E-state index in [1.165, 1.54) is 0 Å². The lowest BCUT2D eigenvalue weighted by Crippen LogP contribution is -2.20. The van der Waals surface area contributed by atoms with Gasteiger partial charge in [0.05, 0.1) is 11.9 Å². The third-order valence-corrected chi connectivity index (χ3v) is 4.16. The highest BCUT2D eigenvalue weighted by Gasteiger charge is 2.26. The Bertz CT molecular complexity index is 451. The zero-order chi connectivity index (χ0) is 13.8. The summed E-state index contributed by atoms with van der Waals surface area (Å²) in [5.74, 6) is -0.166. The molecule has 1 aliphatic rings. The molecule has 0 amide bonds. The molecule has 1 aromatic heterocycles. The average Bonchev–Trinajstić information content (AvgIpc) is 2.95. The van der Waals surface area contributed by atoms with E-state index in [-0.39, 0.29) is 18.5 Å². The fraction of sp³-hybridized carbons (Fsp3) is 0.727. The Morgan fingerprint density at radius 3 is 2.95 bits per heavy atom. The van der Waals surface area contributed by atoms with Crippen molar-refractivity contribution in [1.82, 2.24) is 14.8 Å². The molecule has 7 nitrogen and oxygen atoms in total. The fourth-order valence-electron chi connectivity index (χ4n) is 2.10. The number of ether oxygens (including phenoxy) is 1. The topological polar surface area (TPSA) is 97.5 Å². The summed E-state index contributed by atoms with van der Waals surface area (Å²) in [5, 5.41) is 26.3. The van der Waals surface area contributed by atoms with Crippen molar-refractivity contribution in [3.63, 3.8) is 0 Å². The number of aliphatic hydroxyl groups excluding tert-OH is 1. The van der Waals surface area contributed by atoms with Gasteiger partial charge in [-0.05, 0) is 13.3 Å². The lowest BCUT2D eigenvalue weighted by Gasteiger charge is -2.16. The van der Waals surface area contributed by atoms with Crippen LogP contribution in [0.1, 0.15) is 19.2 Å². The quantitative estimate of drug-likeness (QED) is 0.729. The Hall–Kier alpha value is -1.12. The maximum absolute atomic E-state index is 10.6. The number of carbonyl (C=O) groups is 1. The Balaban J connectivity index is 2.11. The molecule has 0 bridgehead atoms. The van der Waals surface area contributed by atoms with E-state index in [1.807, 2.05) is 6.92 Å². The zero-order valence-electron chi connectivity index (χ0n) is 10.7. The number of carboxylic acids is 1. The molecule has 0 radical (unpaired) electrons. The zero-order valence-corrected chi connectivity index (χ0v) is 11.5. The minimum absolute atomic E-state index is 0.0692. The predicted molar refractivity (Wildman–Crippen MR) is 67.8 cm³/mol. The molecule has 2 heterocycles. The van der Waals surface area contributed by atoms with Crippen LogP contribution < -0.4 is 0 Å². The molecule has 1 fully saturated rings. The van der Waals surface area contributed by atoms with E-state index >= 15 is 0 Å². The number of rotatable bonds is 6. The molecule has 106 valence electrons. The molecule has 0 aromatic carbocycles. The molecule has 2 rings (SSSR count). The standard InChI is InChI=1S/C11H17N3O4S/c1-7-8(2-3-18-7)4-14-9(5-15)12-13-11(14)19-6-10(16)17/h7-8,15H,2-6H2,1H3,(H,16,17). The minimum atomic E-state index is -0.900. The van der Waals surface area contributed by atoms with E-state index in [1.54, 1.807) is 4.57 Å². The fourth-order valence-corrected chi connectivity index (χ4v) is 2.79. The monoisotopic (exact) mass is 287 g/mol. The van der Waals surface area contributed by atoms with Gasteiger partial charge in [-0.25, -0.2) is 0 Å². The van der Waals surface area contributed by atoms with Gasteiger partial charge in [-0.2, -0.15) is 0 Å². The largest absolute Gasteiger partial charge is 0.481 e. The minimum Gasteiger partial charge on any atom is -0.481 e. The van der Waals surface area contributed by atoms with Gasteiger partial charge < -0.3 is 19.5 Å². The molecule has 0 saturated carbocycles. The van der Waals surface area contributed by atoms with Crippen LogP contribution in [0.5, 0.6) is 0 Å². The Morgan fingerprint density at radius 1 is 1.58 bits per heavy atom. The van der Waals surface area contributed by atoms with Crippen LogP contribution in [0.2, 0.25) is 0 Å². The van der Waals surface area contributed by atoms with Crippen LogP contribution in [0.3, 0.4) is 0 Å². The lowest BCUT2D eigenvalue weighted by atomic mass is 10.0. The van der Waals surface area contributed by atoms with E-state index in [9.17, 15) is 9.90 Å². The smallest absolute Gasteiger partial charge is 0.313 e. The van der Waals surface area contributed by atoms with Gasteiger partial charge in [-0.15, -0.1) is 10.2 Å². The van der Waals surface area contributed by atoms with Crippen LogP contribution in [0.4, 0.5) is 0 Å². The molecule has 0 spiro atoms. The Kier molecular flexibility index (Phi) is 4.78. The highest BCUT2D eigenvalue weighted by Crippen LogP contribution is 2.25. The van der Waals surface area contributed by atoms with Gasteiger partial charge in [-0.3, -0.25) is 4.79 Å². The SMILES string of the molecule is CC1OCCC1Cn1c(CO)nnc1SCC(=O)O. The van der Waals surface area contributed by atoms with E-state index in [0.717, 1.165) is 24.8 Å². The van der Waals surface area contributed by atoms with Crippen LogP contribution in [-0.2, 0) is 22.7 Å². The molecule has 19 heavy (non-hydrogen) atoms. The number of hydrogen-bond donors (Lipinski definition) is 2. The van der Waals surface area contributed by atoms with Crippen molar-refractivity contribution in [3.8, 4) is 0 Å². The third kappa shape index (κ3) is 3.46. The van der Waals surface area contributed by atoms with Gasteiger partial charge in [0.1, 0.15) is 6.61 Å². The normalized spacial score (nSPS) is 22.8. The van der Waals surface area contributed by atoms with Gasteiger partial charge in [0.15, 0.2) is 11.0 Å². The van der Waals surface area contributed by atoms with Crippen molar-refractivity contribution in [2.24, 2.45) is 5.92 Å². The van der Waals surface area contributed by atoms with Crippen molar-refractivity contribution in [1.29, 1.82) is 0 Å². The van der Waals surface area contributed by atoms with E-state index < -0.39 is 5.97 Å². The number of carboxylic acid groups (broad SMARTS) is 1. The predicted octanol–water partition coefficient (Wildman–Crippen LogP) is 0.372. The molecule has 2 N–H and O–H groups in total. The molecule has 8 heteroatoms. The van der Waals surface area contributed by atoms with Gasteiger partial charge in [-0.1, -0.05) is 11.8 Å². The highest BCUT2D eigenvalue weighted by molar-refractivity contribution is 7.99.